The Hall–Kier alpha value is -1.65. The lowest BCUT2D eigenvalue weighted by atomic mass is 10.2. The predicted molar refractivity (Wildman–Crippen MR) is 79.3 cm³/mol. The largest absolute Gasteiger partial charge is 0.378 e. The van der Waals surface area contributed by atoms with E-state index in [1.165, 1.54) is 5.56 Å². The summed E-state index contributed by atoms with van der Waals surface area (Å²) < 4.78 is 5.27. The zero-order valence-corrected chi connectivity index (χ0v) is 11.8. The van der Waals surface area contributed by atoms with E-state index in [2.05, 4.69) is 23.6 Å². The summed E-state index contributed by atoms with van der Waals surface area (Å²) in [7, 11) is 0. The zero-order chi connectivity index (χ0) is 14.2. The molecule has 0 aromatic heterocycles. The van der Waals surface area contributed by atoms with Crippen molar-refractivity contribution in [3.8, 4) is 0 Å². The van der Waals surface area contributed by atoms with Crippen LogP contribution in [0.2, 0.25) is 0 Å². The quantitative estimate of drug-likeness (QED) is 0.738. The van der Waals surface area contributed by atoms with E-state index in [1.807, 2.05) is 29.2 Å². The molecule has 20 heavy (non-hydrogen) atoms. The molecule has 0 spiro atoms. The Kier molecular flexibility index (Phi) is 5.77. The van der Waals surface area contributed by atoms with Crippen molar-refractivity contribution in [2.75, 3.05) is 39.4 Å². The summed E-state index contributed by atoms with van der Waals surface area (Å²) in [5.41, 5.74) is 1.21. The second kappa shape index (κ2) is 7.82. The molecule has 2 rings (SSSR count). The molecule has 4 nitrogen and oxygen atoms in total. The molecule has 0 unspecified atom stereocenters. The van der Waals surface area contributed by atoms with Gasteiger partial charge in [-0.3, -0.25) is 9.69 Å². The number of hydrogen-bond donors (Lipinski definition) is 0. The van der Waals surface area contributed by atoms with Crippen LogP contribution in [-0.4, -0.2) is 55.1 Å². The third-order valence-electron chi connectivity index (χ3n) is 3.36. The molecule has 1 saturated heterocycles. The molecule has 1 aliphatic heterocycles. The van der Waals surface area contributed by atoms with E-state index >= 15 is 0 Å². The van der Waals surface area contributed by atoms with Crippen molar-refractivity contribution in [1.82, 2.24) is 9.80 Å². The maximum atomic E-state index is 12.3. The number of morpholine rings is 1. The van der Waals surface area contributed by atoms with Crippen molar-refractivity contribution < 1.29 is 9.53 Å². The molecule has 1 fully saturated rings. The first-order valence-corrected chi connectivity index (χ1v) is 7.02. The Morgan fingerprint density at radius 1 is 1.30 bits per heavy atom. The molecule has 108 valence electrons. The number of carbonyl (C=O) groups excluding carboxylic acids is 1. The van der Waals surface area contributed by atoms with Crippen LogP contribution in [0.1, 0.15) is 5.56 Å². The standard InChI is InChI=1S/C16H22N2O2/c1-2-8-17(13-15-6-4-3-5-7-15)14-16(19)18-9-11-20-12-10-18/h2-7H,1,8-14H2. The summed E-state index contributed by atoms with van der Waals surface area (Å²) in [5, 5.41) is 0. The number of rotatable bonds is 6. The van der Waals surface area contributed by atoms with Gasteiger partial charge >= 0.3 is 0 Å². The van der Waals surface area contributed by atoms with Gasteiger partial charge in [-0.1, -0.05) is 36.4 Å². The van der Waals surface area contributed by atoms with Crippen molar-refractivity contribution in [2.24, 2.45) is 0 Å². The van der Waals surface area contributed by atoms with Crippen LogP contribution in [0.25, 0.3) is 0 Å². The van der Waals surface area contributed by atoms with Crippen LogP contribution in [0.5, 0.6) is 0 Å². The molecular formula is C16H22N2O2. The predicted octanol–water partition coefficient (Wildman–Crippen LogP) is 1.53. The van der Waals surface area contributed by atoms with Crippen molar-refractivity contribution in [2.45, 2.75) is 6.54 Å². The lowest BCUT2D eigenvalue weighted by molar-refractivity contribution is -0.136. The minimum absolute atomic E-state index is 0.172. The fraction of sp³-hybridized carbons (Fsp3) is 0.438. The van der Waals surface area contributed by atoms with Crippen molar-refractivity contribution >= 4 is 5.91 Å². The molecule has 0 N–H and O–H groups in total. The average Bonchev–Trinajstić information content (AvgIpc) is 2.49. The van der Waals surface area contributed by atoms with Gasteiger partial charge in [-0.2, -0.15) is 0 Å². The maximum Gasteiger partial charge on any atom is 0.236 e. The summed E-state index contributed by atoms with van der Waals surface area (Å²) in [4.78, 5) is 16.3. The van der Waals surface area contributed by atoms with Crippen LogP contribution < -0.4 is 0 Å². The Morgan fingerprint density at radius 3 is 2.65 bits per heavy atom. The SMILES string of the molecule is C=CCN(CC(=O)N1CCOCC1)Cc1ccccc1. The van der Waals surface area contributed by atoms with E-state index in [9.17, 15) is 4.79 Å². The first-order valence-electron chi connectivity index (χ1n) is 7.02. The highest BCUT2D eigenvalue weighted by Gasteiger charge is 2.19. The lowest BCUT2D eigenvalue weighted by Crippen LogP contribution is -2.45. The van der Waals surface area contributed by atoms with Crippen molar-refractivity contribution in [3.63, 3.8) is 0 Å². The summed E-state index contributed by atoms with van der Waals surface area (Å²) in [6.45, 7) is 8.38. The minimum atomic E-state index is 0.172. The number of benzene rings is 1. The van der Waals surface area contributed by atoms with Crippen LogP contribution in [-0.2, 0) is 16.1 Å². The van der Waals surface area contributed by atoms with Gasteiger partial charge in [-0.15, -0.1) is 6.58 Å². The van der Waals surface area contributed by atoms with Crippen LogP contribution in [0.4, 0.5) is 0 Å². The van der Waals surface area contributed by atoms with Gasteiger partial charge in [0, 0.05) is 26.2 Å². The number of carbonyl (C=O) groups is 1. The number of nitrogens with zero attached hydrogens (tertiary/aromatic N) is 2. The zero-order valence-electron chi connectivity index (χ0n) is 11.8. The summed E-state index contributed by atoms with van der Waals surface area (Å²) in [6, 6.07) is 10.2. The Labute approximate surface area is 120 Å². The topological polar surface area (TPSA) is 32.8 Å². The van der Waals surface area contributed by atoms with E-state index in [-0.39, 0.29) is 5.91 Å². The normalized spacial score (nSPS) is 15.3. The molecule has 1 aromatic carbocycles. The number of hydrogen-bond acceptors (Lipinski definition) is 3. The monoisotopic (exact) mass is 274 g/mol. The molecule has 0 radical (unpaired) electrons. The van der Waals surface area contributed by atoms with E-state index < -0.39 is 0 Å². The van der Waals surface area contributed by atoms with Gasteiger partial charge in [0.25, 0.3) is 0 Å². The van der Waals surface area contributed by atoms with E-state index in [1.54, 1.807) is 0 Å². The highest BCUT2D eigenvalue weighted by Crippen LogP contribution is 2.06. The first kappa shape index (κ1) is 14.8. The van der Waals surface area contributed by atoms with Crippen LogP contribution in [0, 0.1) is 0 Å². The Bertz CT molecular complexity index is 427. The molecule has 4 heteroatoms. The van der Waals surface area contributed by atoms with Crippen molar-refractivity contribution in [3.05, 3.63) is 48.6 Å². The molecule has 1 heterocycles. The average molecular weight is 274 g/mol. The molecule has 1 amide bonds. The fourth-order valence-corrected chi connectivity index (χ4v) is 2.31. The third-order valence-corrected chi connectivity index (χ3v) is 3.36. The highest BCUT2D eigenvalue weighted by atomic mass is 16.5. The first-order chi connectivity index (χ1) is 9.79. The van der Waals surface area contributed by atoms with Gasteiger partial charge in [-0.25, -0.2) is 0 Å². The molecular weight excluding hydrogens is 252 g/mol. The summed E-state index contributed by atoms with van der Waals surface area (Å²) >= 11 is 0. The van der Waals surface area contributed by atoms with E-state index in [0.29, 0.717) is 39.4 Å². The molecule has 1 aromatic rings. The van der Waals surface area contributed by atoms with Gasteiger partial charge in [0.2, 0.25) is 5.91 Å². The fourth-order valence-electron chi connectivity index (χ4n) is 2.31. The van der Waals surface area contributed by atoms with Gasteiger partial charge in [-0.05, 0) is 5.56 Å². The Morgan fingerprint density at radius 2 is 2.00 bits per heavy atom. The molecule has 0 atom stereocenters. The highest BCUT2D eigenvalue weighted by molar-refractivity contribution is 5.78. The number of amides is 1. The van der Waals surface area contributed by atoms with Crippen LogP contribution in [0.15, 0.2) is 43.0 Å². The second-order valence-electron chi connectivity index (χ2n) is 4.94. The van der Waals surface area contributed by atoms with Gasteiger partial charge < -0.3 is 9.64 Å². The van der Waals surface area contributed by atoms with Crippen LogP contribution in [0.3, 0.4) is 0 Å². The van der Waals surface area contributed by atoms with Gasteiger partial charge in [0.1, 0.15) is 0 Å². The maximum absolute atomic E-state index is 12.3. The second-order valence-corrected chi connectivity index (χ2v) is 4.94. The minimum Gasteiger partial charge on any atom is -0.378 e. The summed E-state index contributed by atoms with van der Waals surface area (Å²) in [5.74, 6) is 0.172. The third kappa shape index (κ3) is 4.47. The summed E-state index contributed by atoms with van der Waals surface area (Å²) in [6.07, 6.45) is 1.84. The van der Waals surface area contributed by atoms with Gasteiger partial charge in [0.05, 0.1) is 19.8 Å². The Balaban J connectivity index is 1.91. The molecule has 0 bridgehead atoms. The molecule has 0 saturated carbocycles. The van der Waals surface area contributed by atoms with Crippen LogP contribution >= 0.6 is 0 Å². The number of ether oxygens (including phenoxy) is 1. The van der Waals surface area contributed by atoms with Crippen molar-refractivity contribution in [1.29, 1.82) is 0 Å². The van der Waals surface area contributed by atoms with E-state index in [0.717, 1.165) is 6.54 Å². The molecule has 0 aliphatic carbocycles. The van der Waals surface area contributed by atoms with Gasteiger partial charge in [0.15, 0.2) is 0 Å². The van der Waals surface area contributed by atoms with E-state index in [4.69, 9.17) is 4.74 Å². The smallest absolute Gasteiger partial charge is 0.236 e. The molecule has 1 aliphatic rings. The lowest BCUT2D eigenvalue weighted by Gasteiger charge is -2.29.